The lowest BCUT2D eigenvalue weighted by molar-refractivity contribution is -0.167. The summed E-state index contributed by atoms with van der Waals surface area (Å²) >= 11 is 0. The summed E-state index contributed by atoms with van der Waals surface area (Å²) < 4.78 is 16.7. The van der Waals surface area contributed by atoms with Crippen molar-refractivity contribution >= 4 is 17.9 Å². The van der Waals surface area contributed by atoms with E-state index in [1.807, 2.05) is 0 Å². The van der Waals surface area contributed by atoms with Crippen molar-refractivity contribution in [2.75, 3.05) is 13.2 Å². The van der Waals surface area contributed by atoms with Gasteiger partial charge in [-0.25, -0.2) is 0 Å². The number of ether oxygens (including phenoxy) is 3. The Bertz CT molecular complexity index is 1410. The summed E-state index contributed by atoms with van der Waals surface area (Å²) in [7, 11) is 0. The van der Waals surface area contributed by atoms with Crippen LogP contribution in [0.1, 0.15) is 278 Å². The number of carbonyl (C=O) groups excluding carboxylic acids is 3. The van der Waals surface area contributed by atoms with Crippen molar-refractivity contribution < 1.29 is 28.6 Å². The van der Waals surface area contributed by atoms with Gasteiger partial charge in [-0.05, 0) is 103 Å². The monoisotopic (exact) mass is 987 g/mol. The predicted octanol–water partition coefficient (Wildman–Crippen LogP) is 20.1. The third kappa shape index (κ3) is 57.1. The van der Waals surface area contributed by atoms with Crippen LogP contribution < -0.4 is 0 Å². The van der Waals surface area contributed by atoms with Crippen molar-refractivity contribution in [1.29, 1.82) is 0 Å². The summed E-state index contributed by atoms with van der Waals surface area (Å²) in [6.45, 7) is 6.43. The van der Waals surface area contributed by atoms with Gasteiger partial charge in [0.2, 0.25) is 0 Å². The number of carbonyl (C=O) groups is 3. The number of allylic oxidation sites excluding steroid dienone is 16. The summed E-state index contributed by atoms with van der Waals surface area (Å²) in [6, 6.07) is 0. The van der Waals surface area contributed by atoms with E-state index in [2.05, 4.69) is 118 Å². The number of rotatable bonds is 53. The van der Waals surface area contributed by atoms with Gasteiger partial charge in [0, 0.05) is 19.3 Å². The van der Waals surface area contributed by atoms with E-state index < -0.39 is 6.10 Å². The highest BCUT2D eigenvalue weighted by molar-refractivity contribution is 5.71. The van der Waals surface area contributed by atoms with Gasteiger partial charge in [0.15, 0.2) is 6.10 Å². The van der Waals surface area contributed by atoms with Gasteiger partial charge in [-0.1, -0.05) is 253 Å². The molecule has 0 saturated carbocycles. The van der Waals surface area contributed by atoms with Crippen molar-refractivity contribution in [3.8, 4) is 0 Å². The predicted molar refractivity (Wildman–Crippen MR) is 307 cm³/mol. The van der Waals surface area contributed by atoms with E-state index in [0.29, 0.717) is 19.3 Å². The standard InChI is InChI=1S/C65H110O6/c1-4-7-10-13-15-17-19-21-23-25-27-29-31-32-34-35-37-39-41-43-45-47-49-52-55-58-64(67)70-61-62(60-69-63(66)57-54-51-12-9-6-3)71-65(68)59-56-53-50-48-46-44-42-40-38-36-33-30-28-26-24-22-20-18-16-14-11-8-5-2/h8,11,16,18-19,21-22,24-25,27-28,30-32,36,38,62H,4-7,9-10,12-15,17,20,23,26,29,33-35,37,39-61H2,1-3H3/b11-8-,18-16-,21-19-,24-22-,27-25-,30-28-,32-31-,38-36-. The average molecular weight is 988 g/mol. The second-order valence-electron chi connectivity index (χ2n) is 19.5. The second kappa shape index (κ2) is 58.9. The topological polar surface area (TPSA) is 78.9 Å². The SMILES string of the molecule is CC/C=C\C/C=C\C/C=C\C/C=C\C/C=C\CCCCCCCCCC(=O)OC(COC(=O)CCCCCCC)COC(=O)CCCCCCCCCCCC/C=C\C/C=C\C/C=C\CCCCCCC. The third-order valence-electron chi connectivity index (χ3n) is 12.6. The van der Waals surface area contributed by atoms with Crippen LogP contribution in [0.3, 0.4) is 0 Å². The van der Waals surface area contributed by atoms with Crippen LogP contribution in [-0.4, -0.2) is 37.2 Å². The van der Waals surface area contributed by atoms with E-state index >= 15 is 0 Å². The zero-order valence-electron chi connectivity index (χ0n) is 46.5. The molecule has 0 aromatic heterocycles. The fraction of sp³-hybridized carbons (Fsp3) is 0.708. The van der Waals surface area contributed by atoms with Crippen LogP contribution in [-0.2, 0) is 28.6 Å². The quantitative estimate of drug-likeness (QED) is 0.0261. The zero-order valence-corrected chi connectivity index (χ0v) is 46.5. The smallest absolute Gasteiger partial charge is 0.306 e. The molecule has 0 heterocycles. The Morgan fingerprint density at radius 2 is 0.549 bits per heavy atom. The van der Waals surface area contributed by atoms with E-state index in [1.54, 1.807) is 0 Å². The van der Waals surface area contributed by atoms with Crippen molar-refractivity contribution in [3.05, 3.63) is 97.2 Å². The summed E-state index contributed by atoms with van der Waals surface area (Å²) in [5.41, 5.74) is 0. The number of esters is 3. The molecule has 0 spiro atoms. The van der Waals surface area contributed by atoms with Gasteiger partial charge in [-0.3, -0.25) is 14.4 Å². The van der Waals surface area contributed by atoms with Crippen molar-refractivity contribution in [2.45, 2.75) is 284 Å². The second-order valence-corrected chi connectivity index (χ2v) is 19.5. The van der Waals surface area contributed by atoms with Crippen LogP contribution in [0.2, 0.25) is 0 Å². The van der Waals surface area contributed by atoms with Gasteiger partial charge < -0.3 is 14.2 Å². The Hall–Kier alpha value is -3.67. The van der Waals surface area contributed by atoms with Crippen LogP contribution in [0.4, 0.5) is 0 Å². The maximum absolute atomic E-state index is 12.8. The Balaban J connectivity index is 4.13. The van der Waals surface area contributed by atoms with E-state index in [-0.39, 0.29) is 31.1 Å². The molecule has 6 nitrogen and oxygen atoms in total. The molecular weight excluding hydrogens is 877 g/mol. The van der Waals surface area contributed by atoms with Gasteiger partial charge in [-0.2, -0.15) is 0 Å². The Labute approximate surface area is 438 Å². The molecule has 0 aliphatic rings. The summed E-state index contributed by atoms with van der Waals surface area (Å²) in [4.78, 5) is 37.9. The number of unbranched alkanes of at least 4 members (excludes halogenated alkanes) is 26. The molecule has 1 atom stereocenters. The van der Waals surface area contributed by atoms with E-state index in [4.69, 9.17) is 14.2 Å². The van der Waals surface area contributed by atoms with Crippen LogP contribution in [0.25, 0.3) is 0 Å². The minimum atomic E-state index is -0.783. The molecule has 0 N–H and O–H groups in total. The lowest BCUT2D eigenvalue weighted by Crippen LogP contribution is -2.30. The summed E-state index contributed by atoms with van der Waals surface area (Å²) in [5.74, 6) is -0.910. The molecule has 0 aromatic rings. The largest absolute Gasteiger partial charge is 0.462 e. The van der Waals surface area contributed by atoms with Gasteiger partial charge in [0.1, 0.15) is 13.2 Å². The molecular formula is C65H110O6. The van der Waals surface area contributed by atoms with Crippen LogP contribution in [0, 0.1) is 0 Å². The first kappa shape index (κ1) is 67.3. The van der Waals surface area contributed by atoms with E-state index in [1.165, 1.54) is 122 Å². The molecule has 0 fully saturated rings. The van der Waals surface area contributed by atoms with Gasteiger partial charge in [-0.15, -0.1) is 0 Å². The Kier molecular flexibility index (Phi) is 55.9. The van der Waals surface area contributed by atoms with Crippen molar-refractivity contribution in [3.63, 3.8) is 0 Å². The van der Waals surface area contributed by atoms with Crippen molar-refractivity contribution in [2.24, 2.45) is 0 Å². The van der Waals surface area contributed by atoms with Crippen LogP contribution >= 0.6 is 0 Å². The maximum Gasteiger partial charge on any atom is 0.306 e. The first-order chi connectivity index (χ1) is 35.0. The van der Waals surface area contributed by atoms with Crippen LogP contribution in [0.5, 0.6) is 0 Å². The molecule has 0 rings (SSSR count). The minimum absolute atomic E-state index is 0.0842. The highest BCUT2D eigenvalue weighted by Gasteiger charge is 2.19. The fourth-order valence-electron chi connectivity index (χ4n) is 8.12. The minimum Gasteiger partial charge on any atom is -0.462 e. The van der Waals surface area contributed by atoms with E-state index in [0.717, 1.165) is 116 Å². The molecule has 0 radical (unpaired) electrons. The van der Waals surface area contributed by atoms with Gasteiger partial charge in [0.05, 0.1) is 0 Å². The molecule has 0 aliphatic carbocycles. The average Bonchev–Trinajstić information content (AvgIpc) is 3.37. The molecule has 0 amide bonds. The molecule has 6 heteroatoms. The maximum atomic E-state index is 12.8. The van der Waals surface area contributed by atoms with Gasteiger partial charge in [0.25, 0.3) is 0 Å². The normalized spacial score (nSPS) is 12.8. The lowest BCUT2D eigenvalue weighted by Gasteiger charge is -2.18. The van der Waals surface area contributed by atoms with Crippen molar-refractivity contribution in [1.82, 2.24) is 0 Å². The number of hydrogen-bond acceptors (Lipinski definition) is 6. The van der Waals surface area contributed by atoms with Crippen LogP contribution in [0.15, 0.2) is 97.2 Å². The molecule has 0 bridgehead atoms. The third-order valence-corrected chi connectivity index (χ3v) is 12.6. The Morgan fingerprint density at radius 3 is 0.859 bits per heavy atom. The molecule has 0 aliphatic heterocycles. The first-order valence-electron chi connectivity index (χ1n) is 29.7. The zero-order chi connectivity index (χ0) is 51.4. The van der Waals surface area contributed by atoms with E-state index in [9.17, 15) is 14.4 Å². The highest BCUT2D eigenvalue weighted by Crippen LogP contribution is 2.15. The molecule has 0 aromatic carbocycles. The molecule has 1 unspecified atom stereocenters. The summed E-state index contributed by atoms with van der Waals surface area (Å²) in [6.07, 6.45) is 78.7. The summed E-state index contributed by atoms with van der Waals surface area (Å²) in [5, 5.41) is 0. The van der Waals surface area contributed by atoms with Gasteiger partial charge >= 0.3 is 17.9 Å². The first-order valence-corrected chi connectivity index (χ1v) is 29.7. The highest BCUT2D eigenvalue weighted by atomic mass is 16.6. The molecule has 406 valence electrons. The Morgan fingerprint density at radius 1 is 0.296 bits per heavy atom. The molecule has 0 saturated heterocycles. The fourth-order valence-corrected chi connectivity index (χ4v) is 8.12. The molecule has 71 heavy (non-hydrogen) atoms. The number of hydrogen-bond donors (Lipinski definition) is 0. The lowest BCUT2D eigenvalue weighted by atomic mass is 10.1.